The first kappa shape index (κ1) is 17.2. The number of hydrogen-bond donors (Lipinski definition) is 1. The first-order chi connectivity index (χ1) is 11.2. The fourth-order valence-corrected chi connectivity index (χ4v) is 4.28. The predicted molar refractivity (Wildman–Crippen MR) is 97.4 cm³/mol. The fourth-order valence-electron chi connectivity index (χ4n) is 3.46. The Balaban J connectivity index is 1.82. The summed E-state index contributed by atoms with van der Waals surface area (Å²) >= 11 is 1.68. The van der Waals surface area contributed by atoms with Gasteiger partial charge < -0.3 is 14.7 Å². The molecule has 2 unspecified atom stereocenters. The van der Waals surface area contributed by atoms with Crippen molar-refractivity contribution in [1.29, 1.82) is 0 Å². The Morgan fingerprint density at radius 2 is 2.12 bits per heavy atom. The van der Waals surface area contributed by atoms with Gasteiger partial charge in [-0.05, 0) is 62.6 Å². The van der Waals surface area contributed by atoms with Crippen molar-refractivity contribution in [2.75, 3.05) is 6.54 Å². The number of likely N-dealkylation sites (tertiary alicyclic amines) is 1. The van der Waals surface area contributed by atoms with Crippen LogP contribution in [0.2, 0.25) is 0 Å². The number of thiophene rings is 1. The SMILES string of the molecule is CC1CC(O)(c2cccc3sccc23)CCN1C(=O)OC(C)(C)C. The molecule has 1 amide bonds. The minimum Gasteiger partial charge on any atom is -0.444 e. The highest BCUT2D eigenvalue weighted by Gasteiger charge is 2.41. The monoisotopic (exact) mass is 347 g/mol. The topological polar surface area (TPSA) is 49.8 Å². The van der Waals surface area contributed by atoms with E-state index in [2.05, 4.69) is 17.5 Å². The summed E-state index contributed by atoms with van der Waals surface area (Å²) in [6.45, 7) is 8.07. The molecule has 130 valence electrons. The number of rotatable bonds is 1. The van der Waals surface area contributed by atoms with E-state index < -0.39 is 11.2 Å². The molecule has 3 rings (SSSR count). The van der Waals surface area contributed by atoms with Gasteiger partial charge in [0, 0.05) is 23.7 Å². The van der Waals surface area contributed by atoms with Crippen LogP contribution in [0.3, 0.4) is 0 Å². The average Bonchev–Trinajstić information content (AvgIpc) is 2.93. The first-order valence-corrected chi connectivity index (χ1v) is 9.26. The average molecular weight is 347 g/mol. The van der Waals surface area contributed by atoms with Crippen LogP contribution in [0.5, 0.6) is 0 Å². The zero-order chi connectivity index (χ0) is 17.5. The van der Waals surface area contributed by atoms with E-state index in [-0.39, 0.29) is 12.1 Å². The van der Waals surface area contributed by atoms with Gasteiger partial charge >= 0.3 is 6.09 Å². The largest absolute Gasteiger partial charge is 0.444 e. The molecule has 0 spiro atoms. The molecule has 1 aliphatic heterocycles. The van der Waals surface area contributed by atoms with Crippen LogP contribution < -0.4 is 0 Å². The molecule has 4 nitrogen and oxygen atoms in total. The van der Waals surface area contributed by atoms with Crippen LogP contribution in [0.25, 0.3) is 10.1 Å². The maximum absolute atomic E-state index is 12.4. The summed E-state index contributed by atoms with van der Waals surface area (Å²) in [5.74, 6) is 0. The Morgan fingerprint density at radius 1 is 1.38 bits per heavy atom. The minimum absolute atomic E-state index is 0.0764. The van der Waals surface area contributed by atoms with Gasteiger partial charge in [0.25, 0.3) is 0 Å². The van der Waals surface area contributed by atoms with Gasteiger partial charge in [-0.1, -0.05) is 12.1 Å². The molecule has 0 aliphatic carbocycles. The second-order valence-corrected chi connectivity index (χ2v) is 8.59. The number of carbonyl (C=O) groups excluding carboxylic acids is 1. The molecule has 1 aliphatic rings. The lowest BCUT2D eigenvalue weighted by Gasteiger charge is -2.43. The predicted octanol–water partition coefficient (Wildman–Crippen LogP) is 4.51. The molecule has 2 atom stereocenters. The minimum atomic E-state index is -0.904. The Hall–Kier alpha value is -1.59. The Bertz CT molecular complexity index is 748. The molecule has 24 heavy (non-hydrogen) atoms. The molecule has 2 aromatic rings. The van der Waals surface area contributed by atoms with Crippen LogP contribution in [0, 0.1) is 0 Å². The molecule has 1 aromatic carbocycles. The highest BCUT2D eigenvalue weighted by atomic mass is 32.1. The third-order valence-electron chi connectivity index (χ3n) is 4.56. The normalized spacial score (nSPS) is 25.0. The summed E-state index contributed by atoms with van der Waals surface area (Å²) in [4.78, 5) is 14.1. The molecular weight excluding hydrogens is 322 g/mol. The van der Waals surface area contributed by atoms with Crippen molar-refractivity contribution in [3.63, 3.8) is 0 Å². The van der Waals surface area contributed by atoms with Crippen LogP contribution in [0.4, 0.5) is 4.79 Å². The lowest BCUT2D eigenvalue weighted by molar-refractivity contribution is -0.0538. The summed E-state index contributed by atoms with van der Waals surface area (Å²) < 4.78 is 6.67. The van der Waals surface area contributed by atoms with Gasteiger partial charge in [-0.3, -0.25) is 0 Å². The summed E-state index contributed by atoms with van der Waals surface area (Å²) in [5, 5.41) is 14.5. The maximum Gasteiger partial charge on any atom is 0.410 e. The van der Waals surface area contributed by atoms with Crippen molar-refractivity contribution in [2.45, 2.75) is 57.8 Å². The zero-order valence-corrected chi connectivity index (χ0v) is 15.5. The fraction of sp³-hybridized carbons (Fsp3) is 0.526. The quantitative estimate of drug-likeness (QED) is 0.826. The number of amides is 1. The Labute approximate surface area is 147 Å². The smallest absolute Gasteiger partial charge is 0.410 e. The van der Waals surface area contributed by atoms with Crippen molar-refractivity contribution in [3.8, 4) is 0 Å². The van der Waals surface area contributed by atoms with Crippen LogP contribution in [0.1, 0.15) is 46.1 Å². The van der Waals surface area contributed by atoms with E-state index in [1.165, 1.54) is 4.70 Å². The van der Waals surface area contributed by atoms with E-state index >= 15 is 0 Å². The van der Waals surface area contributed by atoms with E-state index in [9.17, 15) is 9.90 Å². The Kier molecular flexibility index (Phi) is 4.34. The van der Waals surface area contributed by atoms with Crippen LogP contribution in [0.15, 0.2) is 29.6 Å². The van der Waals surface area contributed by atoms with Gasteiger partial charge in [0.2, 0.25) is 0 Å². The number of aliphatic hydroxyl groups is 1. The number of carbonyl (C=O) groups is 1. The highest BCUT2D eigenvalue weighted by Crippen LogP contribution is 2.40. The van der Waals surface area contributed by atoms with Gasteiger partial charge in [0.1, 0.15) is 5.60 Å². The highest BCUT2D eigenvalue weighted by molar-refractivity contribution is 7.17. The second-order valence-electron chi connectivity index (χ2n) is 7.65. The summed E-state index contributed by atoms with van der Waals surface area (Å²) in [6, 6.07) is 8.07. The number of benzene rings is 1. The summed E-state index contributed by atoms with van der Waals surface area (Å²) in [6.07, 6.45) is 0.734. The van der Waals surface area contributed by atoms with E-state index in [1.807, 2.05) is 39.8 Å². The van der Waals surface area contributed by atoms with Crippen molar-refractivity contribution in [3.05, 3.63) is 35.2 Å². The number of fused-ring (bicyclic) bond motifs is 1. The molecule has 1 saturated heterocycles. The molecule has 2 heterocycles. The van der Waals surface area contributed by atoms with Crippen molar-refractivity contribution < 1.29 is 14.6 Å². The third kappa shape index (κ3) is 3.28. The van der Waals surface area contributed by atoms with Gasteiger partial charge in [0.05, 0.1) is 5.60 Å². The lowest BCUT2D eigenvalue weighted by Crippen LogP contribution is -2.51. The standard InChI is InChI=1S/C19H25NO3S/c1-13-12-19(22,9-10-20(13)17(21)23-18(2,3)4)15-6-5-7-16-14(15)8-11-24-16/h5-8,11,13,22H,9-10,12H2,1-4H3. The van der Waals surface area contributed by atoms with Crippen molar-refractivity contribution in [2.24, 2.45) is 0 Å². The Morgan fingerprint density at radius 3 is 2.79 bits per heavy atom. The lowest BCUT2D eigenvalue weighted by atomic mass is 9.80. The number of ether oxygens (including phenoxy) is 1. The van der Waals surface area contributed by atoms with Gasteiger partial charge in [-0.25, -0.2) is 4.79 Å². The summed E-state index contributed by atoms with van der Waals surface area (Å²) in [5.41, 5.74) is -0.442. The van der Waals surface area contributed by atoms with E-state index in [4.69, 9.17) is 4.74 Å². The second kappa shape index (κ2) is 6.05. The molecule has 5 heteroatoms. The number of piperidine rings is 1. The van der Waals surface area contributed by atoms with E-state index in [0.29, 0.717) is 19.4 Å². The molecule has 1 fully saturated rings. The van der Waals surface area contributed by atoms with E-state index in [0.717, 1.165) is 10.9 Å². The first-order valence-electron chi connectivity index (χ1n) is 8.38. The summed E-state index contributed by atoms with van der Waals surface area (Å²) in [7, 11) is 0. The van der Waals surface area contributed by atoms with Crippen LogP contribution in [-0.2, 0) is 10.3 Å². The molecule has 0 radical (unpaired) electrons. The van der Waals surface area contributed by atoms with E-state index in [1.54, 1.807) is 16.2 Å². The number of hydrogen-bond acceptors (Lipinski definition) is 4. The maximum atomic E-state index is 12.4. The molecule has 0 bridgehead atoms. The third-order valence-corrected chi connectivity index (χ3v) is 5.44. The molecule has 1 aromatic heterocycles. The van der Waals surface area contributed by atoms with Crippen LogP contribution >= 0.6 is 11.3 Å². The molecule has 1 N–H and O–H groups in total. The van der Waals surface area contributed by atoms with Crippen molar-refractivity contribution >= 4 is 27.5 Å². The molecular formula is C19H25NO3S. The van der Waals surface area contributed by atoms with Crippen molar-refractivity contribution in [1.82, 2.24) is 4.90 Å². The number of nitrogens with zero attached hydrogens (tertiary/aromatic N) is 1. The molecule has 0 saturated carbocycles. The van der Waals surface area contributed by atoms with Gasteiger partial charge in [0.15, 0.2) is 0 Å². The zero-order valence-electron chi connectivity index (χ0n) is 14.7. The van der Waals surface area contributed by atoms with Gasteiger partial charge in [-0.15, -0.1) is 11.3 Å². The van der Waals surface area contributed by atoms with Crippen LogP contribution in [-0.4, -0.2) is 34.3 Å². The van der Waals surface area contributed by atoms with Gasteiger partial charge in [-0.2, -0.15) is 0 Å².